The molecule has 0 fully saturated rings. The molecule has 62 heavy (non-hydrogen) atoms. The standard InChI is InChI=1S/C61H39N/c1-4-16-40(17-5-1)42-28-32-47-54-36-43(41-18-6-2-7-19-41)29-33-48(54)56-38-45(30-34-49(56)55(47)37-42)62(44-20-8-3-9-21-44)46-31-35-53-52-24-12-15-27-59(52)61(60(53)39-46)57-25-13-10-22-50(57)51-23-11-14-26-58(51)61/h1-39H. The summed E-state index contributed by atoms with van der Waals surface area (Å²) >= 11 is 0. The van der Waals surface area contributed by atoms with Crippen molar-refractivity contribution in [3.8, 4) is 44.5 Å². The van der Waals surface area contributed by atoms with E-state index >= 15 is 0 Å². The lowest BCUT2D eigenvalue weighted by molar-refractivity contribution is 0.793. The van der Waals surface area contributed by atoms with Crippen molar-refractivity contribution < 1.29 is 0 Å². The molecule has 0 radical (unpaired) electrons. The molecule has 288 valence electrons. The van der Waals surface area contributed by atoms with Gasteiger partial charge in [-0.1, -0.05) is 188 Å². The van der Waals surface area contributed by atoms with Crippen LogP contribution < -0.4 is 4.90 Å². The van der Waals surface area contributed by atoms with E-state index in [2.05, 4.69) is 241 Å². The van der Waals surface area contributed by atoms with E-state index < -0.39 is 5.41 Å². The highest BCUT2D eigenvalue weighted by Crippen LogP contribution is 2.63. The molecular weight excluding hydrogens is 747 g/mol. The highest BCUT2D eigenvalue weighted by Gasteiger charge is 2.51. The van der Waals surface area contributed by atoms with Crippen molar-refractivity contribution in [3.05, 3.63) is 259 Å². The first-order chi connectivity index (χ1) is 30.8. The minimum atomic E-state index is -0.428. The van der Waals surface area contributed by atoms with Crippen LogP contribution in [0.3, 0.4) is 0 Å². The van der Waals surface area contributed by atoms with E-state index in [0.717, 1.165) is 17.1 Å². The first kappa shape index (κ1) is 34.8. The number of fused-ring (bicyclic) bond motifs is 16. The molecule has 0 aromatic heterocycles. The minimum absolute atomic E-state index is 0.428. The van der Waals surface area contributed by atoms with Gasteiger partial charge in [0.1, 0.15) is 0 Å². The van der Waals surface area contributed by atoms with Crippen molar-refractivity contribution in [1.82, 2.24) is 0 Å². The van der Waals surface area contributed by atoms with Gasteiger partial charge in [0.15, 0.2) is 0 Å². The lowest BCUT2D eigenvalue weighted by Gasteiger charge is -2.32. The second-order valence-corrected chi connectivity index (χ2v) is 16.8. The van der Waals surface area contributed by atoms with Crippen LogP contribution >= 0.6 is 0 Å². The van der Waals surface area contributed by atoms with Crippen molar-refractivity contribution in [2.45, 2.75) is 5.41 Å². The molecule has 0 saturated heterocycles. The normalized spacial score (nSPS) is 13.0. The Hall–Kier alpha value is -8.00. The number of hydrogen-bond acceptors (Lipinski definition) is 1. The van der Waals surface area contributed by atoms with Crippen LogP contribution in [0.1, 0.15) is 22.3 Å². The Kier molecular flexibility index (Phi) is 7.59. The molecule has 0 amide bonds. The summed E-state index contributed by atoms with van der Waals surface area (Å²) in [6, 6.07) is 87.9. The fourth-order valence-corrected chi connectivity index (χ4v) is 11.0. The minimum Gasteiger partial charge on any atom is -0.310 e. The van der Waals surface area contributed by atoms with Gasteiger partial charge in [-0.2, -0.15) is 0 Å². The quantitative estimate of drug-likeness (QED) is 0.157. The highest BCUT2D eigenvalue weighted by atomic mass is 15.1. The van der Waals surface area contributed by atoms with E-state index in [1.807, 2.05) is 0 Å². The maximum Gasteiger partial charge on any atom is 0.0726 e. The SMILES string of the molecule is c1ccc(-c2ccc3c(c2)c2ccc(-c4ccccc4)cc2c2ccc(N(c4ccccc4)c4ccc5c(c4)C4(c6ccccc6-c6ccccc64)c4ccccc4-5)cc32)cc1. The summed E-state index contributed by atoms with van der Waals surface area (Å²) in [5.74, 6) is 0. The van der Waals surface area contributed by atoms with Crippen LogP contribution in [0.4, 0.5) is 17.1 Å². The second kappa shape index (κ2) is 13.5. The van der Waals surface area contributed by atoms with Crippen molar-refractivity contribution >= 4 is 49.4 Å². The summed E-state index contributed by atoms with van der Waals surface area (Å²) in [7, 11) is 0. The number of anilines is 3. The lowest BCUT2D eigenvalue weighted by Crippen LogP contribution is -2.26. The largest absolute Gasteiger partial charge is 0.310 e. The van der Waals surface area contributed by atoms with Gasteiger partial charge >= 0.3 is 0 Å². The van der Waals surface area contributed by atoms with Crippen LogP contribution in [-0.2, 0) is 5.41 Å². The van der Waals surface area contributed by atoms with E-state index in [4.69, 9.17) is 0 Å². The van der Waals surface area contributed by atoms with E-state index in [0.29, 0.717) is 0 Å². The van der Waals surface area contributed by atoms with E-state index in [-0.39, 0.29) is 0 Å². The number of nitrogens with zero attached hydrogens (tertiary/aromatic N) is 1. The van der Waals surface area contributed by atoms with Gasteiger partial charge in [-0.15, -0.1) is 0 Å². The van der Waals surface area contributed by atoms with E-state index in [1.165, 1.54) is 99.1 Å². The molecule has 0 saturated carbocycles. The Balaban J connectivity index is 1.07. The third kappa shape index (κ3) is 4.97. The molecule has 0 bridgehead atoms. The van der Waals surface area contributed by atoms with Gasteiger partial charge in [0.25, 0.3) is 0 Å². The molecule has 1 nitrogen and oxygen atoms in total. The fourth-order valence-electron chi connectivity index (χ4n) is 11.0. The molecule has 0 unspecified atom stereocenters. The molecule has 1 spiro atoms. The fraction of sp³-hybridized carbons (Fsp3) is 0.0164. The Morgan fingerprint density at radius 1 is 0.226 bits per heavy atom. The average molecular weight is 786 g/mol. The van der Waals surface area contributed by atoms with Crippen LogP contribution in [0.25, 0.3) is 76.8 Å². The first-order valence-electron chi connectivity index (χ1n) is 21.6. The summed E-state index contributed by atoms with van der Waals surface area (Å²) < 4.78 is 0. The van der Waals surface area contributed by atoms with Gasteiger partial charge in [-0.3, -0.25) is 0 Å². The Morgan fingerprint density at radius 3 is 1.13 bits per heavy atom. The lowest BCUT2D eigenvalue weighted by atomic mass is 9.70. The Morgan fingerprint density at radius 2 is 0.613 bits per heavy atom. The van der Waals surface area contributed by atoms with Gasteiger partial charge in [-0.05, 0) is 148 Å². The first-order valence-corrected chi connectivity index (χ1v) is 21.6. The predicted molar refractivity (Wildman–Crippen MR) is 261 cm³/mol. The smallest absolute Gasteiger partial charge is 0.0726 e. The summed E-state index contributed by atoms with van der Waals surface area (Å²) in [5.41, 5.74) is 18.4. The third-order valence-corrected chi connectivity index (χ3v) is 13.6. The van der Waals surface area contributed by atoms with Crippen molar-refractivity contribution in [2.24, 2.45) is 0 Å². The number of hydrogen-bond donors (Lipinski definition) is 0. The van der Waals surface area contributed by atoms with Crippen molar-refractivity contribution in [1.29, 1.82) is 0 Å². The molecule has 1 heteroatoms. The molecule has 0 N–H and O–H groups in total. The Bertz CT molecular complexity index is 3430. The topological polar surface area (TPSA) is 3.24 Å². The summed E-state index contributed by atoms with van der Waals surface area (Å²) in [6.45, 7) is 0. The third-order valence-electron chi connectivity index (χ3n) is 13.6. The molecule has 0 atom stereocenters. The van der Waals surface area contributed by atoms with E-state index in [1.54, 1.807) is 0 Å². The summed E-state index contributed by atoms with van der Waals surface area (Å²) in [4.78, 5) is 2.46. The van der Waals surface area contributed by atoms with Gasteiger partial charge < -0.3 is 4.90 Å². The maximum absolute atomic E-state index is 2.49. The molecule has 11 aromatic rings. The zero-order valence-corrected chi connectivity index (χ0v) is 34.0. The highest BCUT2D eigenvalue weighted by molar-refractivity contribution is 6.27. The average Bonchev–Trinajstić information content (AvgIpc) is 3.82. The number of benzene rings is 11. The molecule has 0 heterocycles. The second-order valence-electron chi connectivity index (χ2n) is 16.8. The summed E-state index contributed by atoms with van der Waals surface area (Å²) in [5, 5.41) is 7.51. The van der Waals surface area contributed by atoms with Crippen LogP contribution in [0.2, 0.25) is 0 Å². The van der Waals surface area contributed by atoms with Crippen LogP contribution in [0, 0.1) is 0 Å². The van der Waals surface area contributed by atoms with Crippen molar-refractivity contribution in [3.63, 3.8) is 0 Å². The zero-order chi connectivity index (χ0) is 40.8. The number of rotatable bonds is 5. The van der Waals surface area contributed by atoms with Gasteiger partial charge in [-0.25, -0.2) is 0 Å². The molecular formula is C61H39N. The van der Waals surface area contributed by atoms with Gasteiger partial charge in [0.2, 0.25) is 0 Å². The van der Waals surface area contributed by atoms with Crippen LogP contribution in [0.15, 0.2) is 237 Å². The number of para-hydroxylation sites is 1. The van der Waals surface area contributed by atoms with Crippen molar-refractivity contribution in [2.75, 3.05) is 4.90 Å². The maximum atomic E-state index is 2.49. The van der Waals surface area contributed by atoms with E-state index in [9.17, 15) is 0 Å². The van der Waals surface area contributed by atoms with Crippen LogP contribution in [0.5, 0.6) is 0 Å². The summed E-state index contributed by atoms with van der Waals surface area (Å²) in [6.07, 6.45) is 0. The predicted octanol–water partition coefficient (Wildman–Crippen LogP) is 16.3. The molecule has 11 aromatic carbocycles. The molecule has 2 aliphatic rings. The molecule has 0 aliphatic heterocycles. The van der Waals surface area contributed by atoms with Gasteiger partial charge in [0.05, 0.1) is 5.41 Å². The molecule has 13 rings (SSSR count). The van der Waals surface area contributed by atoms with Gasteiger partial charge in [0, 0.05) is 17.1 Å². The monoisotopic (exact) mass is 785 g/mol. The zero-order valence-electron chi connectivity index (χ0n) is 34.0. The molecule has 2 aliphatic carbocycles. The van der Waals surface area contributed by atoms with Crippen LogP contribution in [-0.4, -0.2) is 0 Å². The Labute approximate surface area is 361 Å².